The van der Waals surface area contributed by atoms with E-state index in [0.29, 0.717) is 6.07 Å². The maximum Gasteiger partial charge on any atom is 0.345 e. The molecule has 0 saturated heterocycles. The van der Waals surface area contributed by atoms with Gasteiger partial charge in [0.05, 0.1) is 27.0 Å². The van der Waals surface area contributed by atoms with Crippen molar-refractivity contribution in [2.75, 3.05) is 5.32 Å². The van der Waals surface area contributed by atoms with Crippen LogP contribution in [0.15, 0.2) is 30.3 Å². The molecule has 3 aromatic carbocycles. The van der Waals surface area contributed by atoms with Gasteiger partial charge in [-0.3, -0.25) is 0 Å². The summed E-state index contributed by atoms with van der Waals surface area (Å²) < 4.78 is 86.8. The Morgan fingerprint density at radius 2 is 1.52 bits per heavy atom. The number of anilines is 2. The fraction of sp³-hybridized carbons (Fsp3) is 0.0500. The summed E-state index contributed by atoms with van der Waals surface area (Å²) in [7, 11) is 0. The van der Waals surface area contributed by atoms with Crippen molar-refractivity contribution in [2.45, 2.75) is 6.92 Å². The van der Waals surface area contributed by atoms with E-state index in [1.165, 1.54) is 12.1 Å². The average molecular weight is 480 g/mol. The van der Waals surface area contributed by atoms with Crippen LogP contribution in [0.3, 0.4) is 0 Å². The molecule has 0 atom stereocenters. The number of ether oxygens (including phenoxy) is 1. The number of hydrogen-bond acceptors (Lipinski definition) is 3. The van der Waals surface area contributed by atoms with Crippen LogP contribution in [-0.2, 0) is 0 Å². The first-order valence-corrected chi connectivity index (χ1v) is 9.02. The van der Waals surface area contributed by atoms with Gasteiger partial charge in [-0.05, 0) is 30.7 Å². The highest BCUT2D eigenvalue weighted by atomic mass is 35.5. The maximum atomic E-state index is 14.6. The number of nitrogens with one attached hydrogen (secondary N) is 1. The van der Waals surface area contributed by atoms with Gasteiger partial charge in [0.2, 0.25) is 11.6 Å². The minimum Gasteiger partial charge on any atom is -0.419 e. The molecule has 3 rings (SSSR count). The molecule has 0 heterocycles. The molecule has 0 saturated carbocycles. The first-order valence-electron chi connectivity index (χ1n) is 8.27. The Bertz CT molecular complexity index is 1220. The molecule has 3 aromatic rings. The third kappa shape index (κ3) is 4.42. The monoisotopic (exact) mass is 479 g/mol. The minimum absolute atomic E-state index is 0.0620. The number of rotatable bonds is 4. The highest BCUT2D eigenvalue weighted by molar-refractivity contribution is 6.33. The number of hydrogen-bond donors (Lipinski definition) is 1. The zero-order chi connectivity index (χ0) is 23.0. The Kier molecular flexibility index (Phi) is 6.38. The molecular formula is C20H9Cl2F6NO2. The summed E-state index contributed by atoms with van der Waals surface area (Å²) in [6.45, 7) is 1.72. The van der Waals surface area contributed by atoms with Crippen molar-refractivity contribution in [3.05, 3.63) is 86.4 Å². The first kappa shape index (κ1) is 22.8. The van der Waals surface area contributed by atoms with Crippen LogP contribution >= 0.6 is 23.2 Å². The summed E-state index contributed by atoms with van der Waals surface area (Å²) in [6, 6.07) is 5.21. The normalized spacial score (nSPS) is 10.9. The summed E-state index contributed by atoms with van der Waals surface area (Å²) in [5, 5.41) is 1.66. The van der Waals surface area contributed by atoms with E-state index in [0.717, 1.165) is 5.56 Å². The molecule has 0 fully saturated rings. The Morgan fingerprint density at radius 1 is 0.839 bits per heavy atom. The van der Waals surface area contributed by atoms with Crippen LogP contribution in [0, 0.1) is 41.8 Å². The molecule has 162 valence electrons. The Balaban J connectivity index is 2.07. The average Bonchev–Trinajstić information content (AvgIpc) is 2.72. The molecule has 0 aliphatic carbocycles. The van der Waals surface area contributed by atoms with Crippen molar-refractivity contribution < 1.29 is 35.9 Å². The molecule has 0 aromatic heterocycles. The van der Waals surface area contributed by atoms with E-state index in [9.17, 15) is 31.1 Å². The molecule has 1 N–H and O–H groups in total. The van der Waals surface area contributed by atoms with Crippen molar-refractivity contribution in [3.63, 3.8) is 0 Å². The number of aryl methyl sites for hydroxylation is 1. The molecule has 0 radical (unpaired) electrons. The second-order valence-corrected chi connectivity index (χ2v) is 7.02. The zero-order valence-corrected chi connectivity index (χ0v) is 16.7. The van der Waals surface area contributed by atoms with Gasteiger partial charge in [-0.25, -0.2) is 26.7 Å². The number of carbonyl (C=O) groups is 1. The number of carbonyl (C=O) groups excluding carboxylic acids is 1. The lowest BCUT2D eigenvalue weighted by Gasteiger charge is -2.15. The summed E-state index contributed by atoms with van der Waals surface area (Å²) in [4.78, 5) is 12.5. The van der Waals surface area contributed by atoms with Crippen LogP contribution < -0.4 is 10.1 Å². The molecule has 3 nitrogen and oxygen atoms in total. The summed E-state index contributed by atoms with van der Waals surface area (Å²) in [5.74, 6) is -14.2. The van der Waals surface area contributed by atoms with Crippen LogP contribution in [0.4, 0.5) is 37.7 Å². The summed E-state index contributed by atoms with van der Waals surface area (Å²) >= 11 is 11.6. The van der Waals surface area contributed by atoms with Crippen LogP contribution in [0.2, 0.25) is 10.0 Å². The van der Waals surface area contributed by atoms with Gasteiger partial charge in [0.15, 0.2) is 29.0 Å². The molecule has 0 aliphatic rings. The molecule has 0 spiro atoms. The summed E-state index contributed by atoms with van der Waals surface area (Å²) in [6.07, 6.45) is 0. The van der Waals surface area contributed by atoms with Crippen molar-refractivity contribution in [2.24, 2.45) is 0 Å². The molecule has 0 amide bonds. The molecule has 0 unspecified atom stereocenters. The van der Waals surface area contributed by atoms with E-state index in [1.54, 1.807) is 13.0 Å². The summed E-state index contributed by atoms with van der Waals surface area (Å²) in [5.41, 5.74) is -0.744. The van der Waals surface area contributed by atoms with E-state index in [-0.39, 0.29) is 16.8 Å². The lowest BCUT2D eigenvalue weighted by molar-refractivity contribution is 0.0726. The number of halogens is 8. The van der Waals surface area contributed by atoms with Crippen LogP contribution in [0.1, 0.15) is 15.9 Å². The number of benzene rings is 3. The molecule has 31 heavy (non-hydrogen) atoms. The van der Waals surface area contributed by atoms with Crippen molar-refractivity contribution in [1.82, 2.24) is 0 Å². The highest BCUT2D eigenvalue weighted by Crippen LogP contribution is 2.35. The SMILES string of the molecule is Cc1ccc(Nc2c(C(=O)Oc3cc(F)c(F)c(F)c3F)cc(Cl)c(F)c2F)c(Cl)c1. The lowest BCUT2D eigenvalue weighted by Crippen LogP contribution is -2.15. The molecule has 11 heteroatoms. The van der Waals surface area contributed by atoms with Gasteiger partial charge >= 0.3 is 5.97 Å². The third-order valence-corrected chi connectivity index (χ3v) is 4.63. The molecular weight excluding hydrogens is 471 g/mol. The Hall–Kier alpha value is -2.91. The van der Waals surface area contributed by atoms with Gasteiger partial charge in [-0.2, -0.15) is 4.39 Å². The van der Waals surface area contributed by atoms with Gasteiger partial charge in [0.1, 0.15) is 0 Å². The van der Waals surface area contributed by atoms with Crippen molar-refractivity contribution in [3.8, 4) is 5.75 Å². The Labute approximate surface area is 181 Å². The minimum atomic E-state index is -2.23. The predicted octanol–water partition coefficient (Wildman–Crippen LogP) is 7.10. The standard InChI is InChI=1S/C20H9Cl2F6NO2/c1-7-2-3-12(9(21)4-7)29-19-8(5-10(22)14(24)18(19)28)20(30)31-13-6-11(23)15(25)17(27)16(13)26/h2-6,29H,1H3. The van der Waals surface area contributed by atoms with Gasteiger partial charge in [0, 0.05) is 6.07 Å². The van der Waals surface area contributed by atoms with Gasteiger partial charge in [-0.1, -0.05) is 29.3 Å². The van der Waals surface area contributed by atoms with E-state index in [1.807, 2.05) is 0 Å². The van der Waals surface area contributed by atoms with E-state index < -0.39 is 62.9 Å². The van der Waals surface area contributed by atoms with Crippen LogP contribution in [0.25, 0.3) is 0 Å². The van der Waals surface area contributed by atoms with Crippen molar-refractivity contribution >= 4 is 40.5 Å². The maximum absolute atomic E-state index is 14.6. The molecule has 0 aliphatic heterocycles. The fourth-order valence-electron chi connectivity index (χ4n) is 2.51. The first-order chi connectivity index (χ1) is 14.5. The van der Waals surface area contributed by atoms with Crippen molar-refractivity contribution in [1.29, 1.82) is 0 Å². The van der Waals surface area contributed by atoms with E-state index in [4.69, 9.17) is 23.2 Å². The topological polar surface area (TPSA) is 38.3 Å². The van der Waals surface area contributed by atoms with Crippen LogP contribution in [0.5, 0.6) is 5.75 Å². The highest BCUT2D eigenvalue weighted by Gasteiger charge is 2.27. The lowest BCUT2D eigenvalue weighted by atomic mass is 10.1. The number of esters is 1. The van der Waals surface area contributed by atoms with Gasteiger partial charge < -0.3 is 10.1 Å². The second-order valence-electron chi connectivity index (χ2n) is 6.21. The quantitative estimate of drug-likeness (QED) is 0.142. The van der Waals surface area contributed by atoms with Gasteiger partial charge in [-0.15, -0.1) is 0 Å². The largest absolute Gasteiger partial charge is 0.419 e. The van der Waals surface area contributed by atoms with Gasteiger partial charge in [0.25, 0.3) is 0 Å². The van der Waals surface area contributed by atoms with E-state index in [2.05, 4.69) is 10.1 Å². The second kappa shape index (κ2) is 8.68. The fourth-order valence-corrected chi connectivity index (χ4v) is 2.99. The molecule has 0 bridgehead atoms. The smallest absolute Gasteiger partial charge is 0.345 e. The third-order valence-electron chi connectivity index (χ3n) is 4.04. The van der Waals surface area contributed by atoms with E-state index >= 15 is 0 Å². The van der Waals surface area contributed by atoms with Crippen LogP contribution in [-0.4, -0.2) is 5.97 Å². The predicted molar refractivity (Wildman–Crippen MR) is 102 cm³/mol. The Morgan fingerprint density at radius 3 is 2.16 bits per heavy atom. The zero-order valence-electron chi connectivity index (χ0n) is 15.2.